The molecule has 0 bridgehead atoms. The van der Waals surface area contributed by atoms with Crippen molar-refractivity contribution in [3.8, 4) is 0 Å². The van der Waals surface area contributed by atoms with Gasteiger partial charge in [-0.1, -0.05) is 6.07 Å². The molecule has 2 aromatic carbocycles. The van der Waals surface area contributed by atoms with E-state index >= 15 is 0 Å². The summed E-state index contributed by atoms with van der Waals surface area (Å²) in [4.78, 5) is 3.30. The molecule has 0 aliphatic heterocycles. The maximum Gasteiger partial charge on any atom is 0.123 e. The summed E-state index contributed by atoms with van der Waals surface area (Å²) in [6, 6.07) is 9.34. The zero-order valence-electron chi connectivity index (χ0n) is 13.0. The lowest BCUT2D eigenvalue weighted by Gasteiger charge is -2.13. The highest BCUT2D eigenvalue weighted by atomic mass is 19.1. The third kappa shape index (κ3) is 2.70. The van der Waals surface area contributed by atoms with Gasteiger partial charge in [-0.05, 0) is 61.9 Å². The summed E-state index contributed by atoms with van der Waals surface area (Å²) >= 11 is 0. The van der Waals surface area contributed by atoms with Crippen LogP contribution in [-0.4, -0.2) is 12.0 Å². The fraction of sp³-hybridized carbons (Fsp3) is 0.222. The lowest BCUT2D eigenvalue weighted by atomic mass is 10.1. The maximum atomic E-state index is 13.4. The predicted octanol–water partition coefficient (Wildman–Crippen LogP) is 4.39. The van der Waals surface area contributed by atoms with Gasteiger partial charge in [-0.15, -0.1) is 0 Å². The van der Waals surface area contributed by atoms with E-state index in [0.717, 1.165) is 34.6 Å². The first kappa shape index (κ1) is 14.6. The van der Waals surface area contributed by atoms with Gasteiger partial charge in [0.1, 0.15) is 5.82 Å². The summed E-state index contributed by atoms with van der Waals surface area (Å²) in [6.45, 7) is 4.66. The summed E-state index contributed by atoms with van der Waals surface area (Å²) in [5.41, 5.74) is 6.09. The van der Waals surface area contributed by atoms with Crippen LogP contribution in [0.15, 0.2) is 36.5 Å². The number of hydrogen-bond acceptors (Lipinski definition) is 2. The minimum Gasteiger partial charge on any atom is -0.361 e. The van der Waals surface area contributed by atoms with Crippen LogP contribution in [0.3, 0.4) is 0 Å². The Bertz CT molecular complexity index is 797. The molecule has 0 aliphatic rings. The summed E-state index contributed by atoms with van der Waals surface area (Å²) < 4.78 is 13.4. The monoisotopic (exact) mass is 297 g/mol. The van der Waals surface area contributed by atoms with Gasteiger partial charge < -0.3 is 15.6 Å². The molecule has 3 aromatic rings. The number of fused-ring (bicyclic) bond motifs is 1. The Hall–Kier alpha value is -2.33. The van der Waals surface area contributed by atoms with E-state index in [2.05, 4.69) is 33.8 Å². The van der Waals surface area contributed by atoms with Gasteiger partial charge in [0.2, 0.25) is 0 Å². The Morgan fingerprint density at radius 3 is 2.50 bits per heavy atom. The molecule has 1 heterocycles. The first-order valence-corrected chi connectivity index (χ1v) is 7.37. The van der Waals surface area contributed by atoms with Gasteiger partial charge >= 0.3 is 0 Å². The Kier molecular flexibility index (Phi) is 3.86. The van der Waals surface area contributed by atoms with Crippen molar-refractivity contribution in [1.29, 1.82) is 0 Å². The standard InChI is InChI=1S/C18H20FN3/c1-11-6-14(19)7-12(2)18(11)22-15-4-5-16-13(9-20-3)10-21-17(16)8-15/h4-8,10,20-22H,9H2,1-3H3. The molecule has 0 aliphatic carbocycles. The lowest BCUT2D eigenvalue weighted by molar-refractivity contribution is 0.625. The number of rotatable bonds is 4. The SMILES string of the molecule is CNCc1c[nH]c2cc(Nc3c(C)cc(F)cc3C)ccc12. The summed E-state index contributed by atoms with van der Waals surface area (Å²) in [5.74, 6) is -0.197. The van der Waals surface area contributed by atoms with E-state index in [1.807, 2.05) is 27.1 Å². The average molecular weight is 297 g/mol. The van der Waals surface area contributed by atoms with Crippen molar-refractivity contribution in [1.82, 2.24) is 10.3 Å². The van der Waals surface area contributed by atoms with Crippen molar-refractivity contribution in [3.63, 3.8) is 0 Å². The minimum absolute atomic E-state index is 0.197. The summed E-state index contributed by atoms with van der Waals surface area (Å²) in [7, 11) is 1.94. The smallest absolute Gasteiger partial charge is 0.123 e. The van der Waals surface area contributed by atoms with E-state index in [1.165, 1.54) is 10.9 Å². The van der Waals surface area contributed by atoms with Crippen LogP contribution in [-0.2, 0) is 6.54 Å². The van der Waals surface area contributed by atoms with Crippen molar-refractivity contribution in [2.45, 2.75) is 20.4 Å². The highest BCUT2D eigenvalue weighted by molar-refractivity contribution is 5.87. The minimum atomic E-state index is -0.197. The van der Waals surface area contributed by atoms with Crippen LogP contribution >= 0.6 is 0 Å². The number of H-pyrrole nitrogens is 1. The number of anilines is 2. The zero-order valence-corrected chi connectivity index (χ0v) is 13.0. The number of hydrogen-bond donors (Lipinski definition) is 3. The molecule has 0 saturated carbocycles. The van der Waals surface area contributed by atoms with Gasteiger partial charge in [0.05, 0.1) is 0 Å². The third-order valence-electron chi connectivity index (χ3n) is 3.90. The second-order valence-corrected chi connectivity index (χ2v) is 5.64. The van der Waals surface area contributed by atoms with Gasteiger partial charge in [0, 0.05) is 35.0 Å². The maximum absolute atomic E-state index is 13.4. The van der Waals surface area contributed by atoms with Crippen LogP contribution in [0.1, 0.15) is 16.7 Å². The van der Waals surface area contributed by atoms with Crippen LogP contribution in [0.4, 0.5) is 15.8 Å². The van der Waals surface area contributed by atoms with Crippen molar-refractivity contribution in [2.75, 3.05) is 12.4 Å². The molecule has 0 fully saturated rings. The quantitative estimate of drug-likeness (QED) is 0.668. The number of aromatic nitrogens is 1. The Morgan fingerprint density at radius 1 is 1.09 bits per heavy atom. The molecular formula is C18H20FN3. The number of benzene rings is 2. The molecule has 114 valence electrons. The van der Waals surface area contributed by atoms with E-state index in [1.54, 1.807) is 12.1 Å². The number of aromatic amines is 1. The average Bonchev–Trinajstić information content (AvgIpc) is 2.86. The van der Waals surface area contributed by atoms with Crippen LogP contribution in [0.5, 0.6) is 0 Å². The van der Waals surface area contributed by atoms with E-state index in [4.69, 9.17) is 0 Å². The molecular weight excluding hydrogens is 277 g/mol. The number of halogens is 1. The second kappa shape index (κ2) is 5.81. The van der Waals surface area contributed by atoms with Crippen molar-refractivity contribution in [2.24, 2.45) is 0 Å². The van der Waals surface area contributed by atoms with Crippen LogP contribution < -0.4 is 10.6 Å². The van der Waals surface area contributed by atoms with Crippen LogP contribution in [0.2, 0.25) is 0 Å². The highest BCUT2D eigenvalue weighted by Gasteiger charge is 2.08. The van der Waals surface area contributed by atoms with Gasteiger partial charge in [-0.3, -0.25) is 0 Å². The normalized spacial score (nSPS) is 11.1. The molecule has 0 amide bonds. The molecule has 1 aromatic heterocycles. The van der Waals surface area contributed by atoms with Crippen molar-refractivity contribution >= 4 is 22.3 Å². The molecule has 3 rings (SSSR count). The molecule has 22 heavy (non-hydrogen) atoms. The van der Waals surface area contributed by atoms with E-state index in [-0.39, 0.29) is 5.82 Å². The first-order chi connectivity index (χ1) is 10.6. The molecule has 0 saturated heterocycles. The van der Waals surface area contributed by atoms with E-state index < -0.39 is 0 Å². The van der Waals surface area contributed by atoms with Gasteiger partial charge in [0.25, 0.3) is 0 Å². The van der Waals surface area contributed by atoms with Crippen LogP contribution in [0.25, 0.3) is 10.9 Å². The number of aryl methyl sites for hydroxylation is 2. The molecule has 0 atom stereocenters. The topological polar surface area (TPSA) is 39.9 Å². The highest BCUT2D eigenvalue weighted by Crippen LogP contribution is 2.28. The van der Waals surface area contributed by atoms with E-state index in [0.29, 0.717) is 0 Å². The molecule has 0 unspecified atom stereocenters. The molecule has 4 heteroatoms. The van der Waals surface area contributed by atoms with Crippen molar-refractivity contribution in [3.05, 3.63) is 59.0 Å². The summed E-state index contributed by atoms with van der Waals surface area (Å²) in [6.07, 6.45) is 2.03. The fourth-order valence-corrected chi connectivity index (χ4v) is 2.85. The third-order valence-corrected chi connectivity index (χ3v) is 3.90. The van der Waals surface area contributed by atoms with Gasteiger partial charge in [-0.2, -0.15) is 0 Å². The fourth-order valence-electron chi connectivity index (χ4n) is 2.85. The molecule has 3 nitrogen and oxygen atoms in total. The first-order valence-electron chi connectivity index (χ1n) is 7.37. The number of nitrogens with one attached hydrogen (secondary N) is 3. The van der Waals surface area contributed by atoms with Crippen molar-refractivity contribution < 1.29 is 4.39 Å². The Balaban J connectivity index is 1.95. The lowest BCUT2D eigenvalue weighted by Crippen LogP contribution is -2.03. The summed E-state index contributed by atoms with van der Waals surface area (Å²) in [5, 5.41) is 7.78. The second-order valence-electron chi connectivity index (χ2n) is 5.64. The largest absolute Gasteiger partial charge is 0.361 e. The molecule has 0 spiro atoms. The predicted molar refractivity (Wildman–Crippen MR) is 90.2 cm³/mol. The van der Waals surface area contributed by atoms with Crippen LogP contribution in [0, 0.1) is 19.7 Å². The Morgan fingerprint density at radius 2 is 1.82 bits per heavy atom. The Labute approximate surface area is 129 Å². The van der Waals surface area contributed by atoms with Gasteiger partial charge in [0.15, 0.2) is 0 Å². The van der Waals surface area contributed by atoms with E-state index in [9.17, 15) is 4.39 Å². The van der Waals surface area contributed by atoms with Gasteiger partial charge in [-0.25, -0.2) is 4.39 Å². The molecule has 0 radical (unpaired) electrons. The zero-order chi connectivity index (χ0) is 15.7. The molecule has 3 N–H and O–H groups in total.